The van der Waals surface area contributed by atoms with Crippen LogP contribution in [0.2, 0.25) is 0 Å². The van der Waals surface area contributed by atoms with E-state index in [1.165, 1.54) is 11.8 Å². The average molecular weight is 666 g/mol. The van der Waals surface area contributed by atoms with Crippen LogP contribution in [0.15, 0.2) is 53.5 Å². The van der Waals surface area contributed by atoms with E-state index in [1.54, 1.807) is 55.2 Å². The molecule has 1 N–H and O–H groups in total. The third-order valence-electron chi connectivity index (χ3n) is 7.39. The Bertz CT molecular complexity index is 1760. The second-order valence-corrected chi connectivity index (χ2v) is 11.3. The summed E-state index contributed by atoms with van der Waals surface area (Å²) in [6.07, 6.45) is 3.26. The molecular weight excluding hydrogens is 635 g/mol. The number of pyridine rings is 1. The molecule has 0 bridgehead atoms. The van der Waals surface area contributed by atoms with Gasteiger partial charge in [0, 0.05) is 47.0 Å². The fourth-order valence-electron chi connectivity index (χ4n) is 5.20. The Morgan fingerprint density at radius 2 is 1.86 bits per heavy atom. The summed E-state index contributed by atoms with van der Waals surface area (Å²) in [5.41, 5.74) is 3.17. The lowest BCUT2D eigenvalue weighted by Crippen LogP contribution is -2.44. The first-order valence-electron chi connectivity index (χ1n) is 14.0. The highest BCUT2D eigenvalue weighted by molar-refractivity contribution is 9.10. The maximum Gasteiger partial charge on any atom is 0.313 e. The summed E-state index contributed by atoms with van der Waals surface area (Å²) in [5, 5.41) is 3.34. The van der Waals surface area contributed by atoms with E-state index in [2.05, 4.69) is 36.2 Å². The molecule has 5 rings (SSSR count). The lowest BCUT2D eigenvalue weighted by Gasteiger charge is -2.24. The van der Waals surface area contributed by atoms with E-state index in [0.717, 1.165) is 11.1 Å². The summed E-state index contributed by atoms with van der Waals surface area (Å²) < 4.78 is 21.7. The average Bonchev–Trinajstić information content (AvgIpc) is 3.56. The molecule has 2 atom stereocenters. The molecule has 0 spiro atoms. The molecule has 1 fully saturated rings. The number of rotatable bonds is 9. The van der Waals surface area contributed by atoms with Gasteiger partial charge in [0.25, 0.3) is 0 Å². The zero-order valence-electron chi connectivity index (χ0n) is 24.3. The number of ether oxygens (including phenoxy) is 1. The monoisotopic (exact) mass is 664 g/mol. The van der Waals surface area contributed by atoms with Crippen LogP contribution in [0, 0.1) is 6.92 Å². The van der Waals surface area contributed by atoms with Gasteiger partial charge in [0.15, 0.2) is 5.78 Å². The number of likely N-dealkylation sites (tertiary alicyclic amines) is 1. The third-order valence-corrected chi connectivity index (χ3v) is 7.83. The highest BCUT2D eigenvalue weighted by Gasteiger charge is 2.40. The highest BCUT2D eigenvalue weighted by atomic mass is 79.9. The normalized spacial score (nSPS) is 16.2. The van der Waals surface area contributed by atoms with Gasteiger partial charge < -0.3 is 19.5 Å². The van der Waals surface area contributed by atoms with Gasteiger partial charge in [-0.25, -0.2) is 19.3 Å². The van der Waals surface area contributed by atoms with Gasteiger partial charge in [0.2, 0.25) is 11.8 Å². The number of halogens is 2. The minimum Gasteiger partial charge on any atom is -0.466 e. The van der Waals surface area contributed by atoms with Crippen molar-refractivity contribution in [3.63, 3.8) is 0 Å². The van der Waals surface area contributed by atoms with E-state index >= 15 is 0 Å². The van der Waals surface area contributed by atoms with Gasteiger partial charge in [-0.2, -0.15) is 0 Å². The zero-order valence-corrected chi connectivity index (χ0v) is 25.9. The number of benzene rings is 1. The summed E-state index contributed by atoms with van der Waals surface area (Å²) >= 11 is 3.28. The van der Waals surface area contributed by atoms with Crippen LogP contribution in [0.25, 0.3) is 22.0 Å². The summed E-state index contributed by atoms with van der Waals surface area (Å²) in [6, 6.07) is 7.93. The van der Waals surface area contributed by atoms with Crippen molar-refractivity contribution in [3.05, 3.63) is 70.5 Å². The van der Waals surface area contributed by atoms with E-state index in [9.17, 15) is 23.6 Å². The second-order valence-electron chi connectivity index (χ2n) is 10.5. The van der Waals surface area contributed by atoms with Crippen LogP contribution >= 0.6 is 15.9 Å². The summed E-state index contributed by atoms with van der Waals surface area (Å²) in [5.74, 6) is -0.923. The van der Waals surface area contributed by atoms with Crippen LogP contribution in [0.4, 0.5) is 10.2 Å². The fraction of sp³-hybridized carbons (Fsp3) is 0.323. The maximum atomic E-state index is 14.6. The number of ketones is 1. The molecule has 11 nitrogen and oxygen atoms in total. The number of alkyl halides is 1. The Morgan fingerprint density at radius 1 is 1.11 bits per heavy atom. The number of esters is 1. The number of aromatic nitrogens is 4. The number of nitrogens with one attached hydrogen (secondary N) is 1. The molecule has 4 aromatic rings. The molecule has 1 aliphatic heterocycles. The molecule has 1 aliphatic rings. The van der Waals surface area contributed by atoms with Crippen molar-refractivity contribution < 1.29 is 28.3 Å². The number of hydrogen-bond acceptors (Lipinski definition) is 8. The Kier molecular flexibility index (Phi) is 9.14. The molecular formula is C31H30BrFN6O5. The molecule has 3 aromatic heterocycles. The van der Waals surface area contributed by atoms with E-state index in [4.69, 9.17) is 4.74 Å². The zero-order chi connectivity index (χ0) is 31.5. The van der Waals surface area contributed by atoms with Gasteiger partial charge in [-0.3, -0.25) is 19.2 Å². The van der Waals surface area contributed by atoms with Crippen molar-refractivity contribution in [2.45, 2.75) is 52.4 Å². The van der Waals surface area contributed by atoms with Crippen molar-refractivity contribution in [1.82, 2.24) is 24.4 Å². The van der Waals surface area contributed by atoms with Crippen LogP contribution < -0.4 is 5.32 Å². The SMILES string of the molecule is CCOC(=O)Cc1ncc(-c2ccc3c(c2)c(C(C)=O)cn3CC(=O)N2C[C@H](F)C[C@H]2C(=O)Nc2nc(Br)ccc2C)cn1. The van der Waals surface area contributed by atoms with Crippen LogP contribution in [0.5, 0.6) is 0 Å². The van der Waals surface area contributed by atoms with Crippen LogP contribution in [-0.2, 0) is 32.1 Å². The smallest absolute Gasteiger partial charge is 0.313 e. The summed E-state index contributed by atoms with van der Waals surface area (Å²) in [7, 11) is 0. The Hall–Kier alpha value is -4.52. The lowest BCUT2D eigenvalue weighted by atomic mass is 10.0. The number of carbonyl (C=O) groups is 4. The molecule has 0 aliphatic carbocycles. The third kappa shape index (κ3) is 6.67. The van der Waals surface area contributed by atoms with Crippen LogP contribution in [0.1, 0.15) is 42.0 Å². The standard InChI is InChI=1S/C31H30BrFN6O5/c1-4-44-29(42)11-27-34-12-20(13-35-27)19-6-7-24-22(9-19)23(18(3)40)15-38(24)16-28(41)39-14-21(33)10-25(39)31(43)37-30-17(2)5-8-26(32)36-30/h5-9,12-13,15,21,25H,4,10-11,14,16H2,1-3H3,(H,36,37,43)/t21-,25+/m1/s1. The second kappa shape index (κ2) is 13.0. The molecule has 13 heteroatoms. The van der Waals surface area contributed by atoms with Gasteiger partial charge in [0.05, 0.1) is 13.2 Å². The minimum absolute atomic E-state index is 0.0399. The minimum atomic E-state index is -1.35. The van der Waals surface area contributed by atoms with Gasteiger partial charge in [0.1, 0.15) is 41.4 Å². The maximum absolute atomic E-state index is 14.6. The predicted octanol–water partition coefficient (Wildman–Crippen LogP) is 4.45. The molecule has 1 saturated heterocycles. The van der Waals surface area contributed by atoms with Crippen molar-refractivity contribution in [2.75, 3.05) is 18.5 Å². The number of carbonyl (C=O) groups excluding carboxylic acids is 4. The van der Waals surface area contributed by atoms with Gasteiger partial charge in [-0.1, -0.05) is 12.1 Å². The molecule has 228 valence electrons. The number of aryl methyl sites for hydroxylation is 1. The van der Waals surface area contributed by atoms with E-state index < -0.39 is 30.0 Å². The van der Waals surface area contributed by atoms with Gasteiger partial charge in [-0.05, 0) is 66.0 Å². The quantitative estimate of drug-likeness (QED) is 0.157. The molecule has 2 amide bonds. The van der Waals surface area contributed by atoms with Crippen molar-refractivity contribution in [1.29, 1.82) is 0 Å². The Morgan fingerprint density at radius 3 is 2.57 bits per heavy atom. The number of fused-ring (bicyclic) bond motifs is 1. The van der Waals surface area contributed by atoms with Crippen molar-refractivity contribution in [2.24, 2.45) is 0 Å². The van der Waals surface area contributed by atoms with E-state index in [1.807, 2.05) is 12.1 Å². The number of hydrogen-bond donors (Lipinski definition) is 1. The number of amides is 2. The molecule has 0 radical (unpaired) electrons. The van der Waals surface area contributed by atoms with E-state index in [0.29, 0.717) is 38.3 Å². The molecule has 0 unspecified atom stereocenters. The molecule has 4 heterocycles. The summed E-state index contributed by atoms with van der Waals surface area (Å²) in [6.45, 7) is 4.81. The molecule has 0 saturated carbocycles. The first-order valence-corrected chi connectivity index (χ1v) is 14.8. The van der Waals surface area contributed by atoms with Crippen molar-refractivity contribution >= 4 is 56.2 Å². The largest absolute Gasteiger partial charge is 0.466 e. The number of anilines is 1. The molecule has 1 aromatic carbocycles. The van der Waals surface area contributed by atoms with Gasteiger partial charge >= 0.3 is 5.97 Å². The topological polar surface area (TPSA) is 136 Å². The van der Waals surface area contributed by atoms with Crippen LogP contribution in [-0.4, -0.2) is 73.4 Å². The first kappa shape index (κ1) is 30.9. The predicted molar refractivity (Wildman–Crippen MR) is 164 cm³/mol. The number of Topliss-reactive ketones (excluding diaryl/α,β-unsaturated/α-hetero) is 1. The fourth-order valence-corrected chi connectivity index (χ4v) is 5.51. The van der Waals surface area contributed by atoms with Crippen molar-refractivity contribution in [3.8, 4) is 11.1 Å². The van der Waals surface area contributed by atoms with Crippen LogP contribution in [0.3, 0.4) is 0 Å². The Balaban J connectivity index is 1.37. The lowest BCUT2D eigenvalue weighted by molar-refractivity contribution is -0.142. The van der Waals surface area contributed by atoms with E-state index in [-0.39, 0.29) is 38.3 Å². The highest BCUT2D eigenvalue weighted by Crippen LogP contribution is 2.29. The summed E-state index contributed by atoms with van der Waals surface area (Å²) in [4.78, 5) is 65.0. The Labute approximate surface area is 261 Å². The number of nitrogens with zero attached hydrogens (tertiary/aromatic N) is 5. The molecule has 44 heavy (non-hydrogen) atoms. The first-order chi connectivity index (χ1) is 21.0. The van der Waals surface area contributed by atoms with Gasteiger partial charge in [-0.15, -0.1) is 0 Å².